The van der Waals surface area contributed by atoms with Crippen LogP contribution in [0.2, 0.25) is 0 Å². The lowest BCUT2D eigenvalue weighted by Crippen LogP contribution is -2.51. The van der Waals surface area contributed by atoms with Crippen molar-refractivity contribution in [1.29, 1.82) is 0 Å². The highest BCUT2D eigenvalue weighted by Gasteiger charge is 2.41. The third-order valence-corrected chi connectivity index (χ3v) is 2.61. The standard InChI is InChI=1S/C8H14N2O2/c1-5-3-10(2)4-6-7(5)12-8(11)9-6/h5-7H,3-4H2,1-2H3,(H,9,11). The van der Waals surface area contributed by atoms with E-state index in [4.69, 9.17) is 4.74 Å². The Balaban J connectivity index is 2.10. The van der Waals surface area contributed by atoms with Gasteiger partial charge in [0.2, 0.25) is 0 Å². The maximum atomic E-state index is 10.9. The quantitative estimate of drug-likeness (QED) is 0.558. The van der Waals surface area contributed by atoms with Crippen LogP contribution in [0, 0.1) is 5.92 Å². The number of hydrogen-bond acceptors (Lipinski definition) is 3. The van der Waals surface area contributed by atoms with Crippen LogP contribution in [0.3, 0.4) is 0 Å². The fraction of sp³-hybridized carbons (Fsp3) is 0.875. The summed E-state index contributed by atoms with van der Waals surface area (Å²) in [6.07, 6.45) is -0.166. The van der Waals surface area contributed by atoms with Crippen molar-refractivity contribution in [3.63, 3.8) is 0 Å². The summed E-state index contributed by atoms with van der Waals surface area (Å²) in [4.78, 5) is 13.1. The van der Waals surface area contributed by atoms with Gasteiger partial charge in [-0.25, -0.2) is 4.79 Å². The second-order valence-corrected chi connectivity index (χ2v) is 3.82. The Morgan fingerprint density at radius 2 is 2.33 bits per heavy atom. The maximum Gasteiger partial charge on any atom is 0.407 e. The third-order valence-electron chi connectivity index (χ3n) is 2.61. The number of likely N-dealkylation sites (tertiary alicyclic amines) is 1. The number of nitrogens with zero attached hydrogens (tertiary/aromatic N) is 1. The van der Waals surface area contributed by atoms with Crippen LogP contribution in [0.1, 0.15) is 6.92 Å². The van der Waals surface area contributed by atoms with Gasteiger partial charge >= 0.3 is 6.09 Å². The molecule has 0 aliphatic carbocycles. The zero-order valence-electron chi connectivity index (χ0n) is 7.41. The van der Waals surface area contributed by atoms with Gasteiger partial charge in [0, 0.05) is 19.0 Å². The lowest BCUT2D eigenvalue weighted by molar-refractivity contribution is 0.0477. The Morgan fingerprint density at radius 1 is 1.58 bits per heavy atom. The molecule has 3 atom stereocenters. The number of nitrogens with one attached hydrogen (secondary N) is 1. The normalized spacial score (nSPS) is 41.8. The topological polar surface area (TPSA) is 41.6 Å². The van der Waals surface area contributed by atoms with Crippen molar-refractivity contribution < 1.29 is 9.53 Å². The minimum absolute atomic E-state index is 0.0914. The van der Waals surface area contributed by atoms with Crippen LogP contribution < -0.4 is 5.32 Å². The number of rotatable bonds is 0. The highest BCUT2D eigenvalue weighted by Crippen LogP contribution is 2.23. The van der Waals surface area contributed by atoms with Gasteiger partial charge in [-0.05, 0) is 7.05 Å². The van der Waals surface area contributed by atoms with E-state index in [0.717, 1.165) is 13.1 Å². The Bertz CT molecular complexity index is 207. The predicted molar refractivity (Wildman–Crippen MR) is 43.9 cm³/mol. The summed E-state index contributed by atoms with van der Waals surface area (Å²) in [5, 5.41) is 2.81. The van der Waals surface area contributed by atoms with E-state index in [1.165, 1.54) is 0 Å². The Morgan fingerprint density at radius 3 is 3.08 bits per heavy atom. The van der Waals surface area contributed by atoms with Crippen molar-refractivity contribution in [3.8, 4) is 0 Å². The minimum atomic E-state index is -0.257. The summed E-state index contributed by atoms with van der Waals surface area (Å²) in [7, 11) is 2.07. The first-order valence-corrected chi connectivity index (χ1v) is 4.32. The van der Waals surface area contributed by atoms with Crippen molar-refractivity contribution in [2.75, 3.05) is 20.1 Å². The summed E-state index contributed by atoms with van der Waals surface area (Å²) in [6.45, 7) is 4.03. The lowest BCUT2D eigenvalue weighted by Gasteiger charge is -2.34. The van der Waals surface area contributed by atoms with Gasteiger partial charge in [-0.15, -0.1) is 0 Å². The summed E-state index contributed by atoms with van der Waals surface area (Å²) in [5.41, 5.74) is 0. The number of ether oxygens (including phenoxy) is 1. The van der Waals surface area contributed by atoms with Gasteiger partial charge in [0.1, 0.15) is 6.10 Å². The number of alkyl carbamates (subject to hydrolysis) is 1. The molecular formula is C8H14N2O2. The molecule has 1 amide bonds. The van der Waals surface area contributed by atoms with Crippen molar-refractivity contribution in [2.24, 2.45) is 5.92 Å². The van der Waals surface area contributed by atoms with E-state index in [1.54, 1.807) is 0 Å². The Kier molecular flexibility index (Phi) is 1.72. The zero-order valence-corrected chi connectivity index (χ0v) is 7.41. The molecule has 3 unspecified atom stereocenters. The molecule has 0 saturated carbocycles. The highest BCUT2D eigenvalue weighted by atomic mass is 16.6. The third kappa shape index (κ3) is 1.16. The van der Waals surface area contributed by atoms with Gasteiger partial charge in [0.15, 0.2) is 0 Å². The lowest BCUT2D eigenvalue weighted by atomic mass is 9.93. The fourth-order valence-corrected chi connectivity index (χ4v) is 2.14. The smallest absolute Gasteiger partial charge is 0.407 e. The molecular weight excluding hydrogens is 156 g/mol. The molecule has 2 saturated heterocycles. The molecule has 0 spiro atoms. The van der Waals surface area contributed by atoms with Gasteiger partial charge in [-0.1, -0.05) is 6.92 Å². The van der Waals surface area contributed by atoms with Gasteiger partial charge in [-0.2, -0.15) is 0 Å². The van der Waals surface area contributed by atoms with Gasteiger partial charge in [0.25, 0.3) is 0 Å². The Labute approximate surface area is 71.9 Å². The van der Waals surface area contributed by atoms with Crippen LogP contribution in [0.4, 0.5) is 4.79 Å². The molecule has 68 valence electrons. The maximum absolute atomic E-state index is 10.9. The largest absolute Gasteiger partial charge is 0.444 e. The summed E-state index contributed by atoms with van der Waals surface area (Å²) >= 11 is 0. The molecule has 0 aromatic rings. The van der Waals surface area contributed by atoms with Crippen LogP contribution >= 0.6 is 0 Å². The van der Waals surface area contributed by atoms with Gasteiger partial charge in [-0.3, -0.25) is 0 Å². The summed E-state index contributed by atoms with van der Waals surface area (Å²) in [5.74, 6) is 0.438. The molecule has 4 nitrogen and oxygen atoms in total. The fourth-order valence-electron chi connectivity index (χ4n) is 2.14. The molecule has 0 bridgehead atoms. The first-order valence-electron chi connectivity index (χ1n) is 4.32. The van der Waals surface area contributed by atoms with Crippen LogP contribution in [0.15, 0.2) is 0 Å². The second-order valence-electron chi connectivity index (χ2n) is 3.82. The minimum Gasteiger partial charge on any atom is -0.444 e. The van der Waals surface area contributed by atoms with E-state index in [1.807, 2.05) is 0 Å². The average molecular weight is 170 g/mol. The van der Waals surface area contributed by atoms with Gasteiger partial charge < -0.3 is 15.0 Å². The van der Waals surface area contributed by atoms with E-state index >= 15 is 0 Å². The molecule has 12 heavy (non-hydrogen) atoms. The monoisotopic (exact) mass is 170 g/mol. The van der Waals surface area contributed by atoms with Crippen molar-refractivity contribution in [2.45, 2.75) is 19.1 Å². The highest BCUT2D eigenvalue weighted by molar-refractivity contribution is 5.70. The number of carbonyl (C=O) groups excluding carboxylic acids is 1. The predicted octanol–water partition coefficient (Wildman–Crippen LogP) is 0.0449. The Hall–Kier alpha value is -0.770. The molecule has 2 aliphatic rings. The van der Waals surface area contributed by atoms with E-state index in [0.29, 0.717) is 5.92 Å². The van der Waals surface area contributed by atoms with Gasteiger partial charge in [0.05, 0.1) is 6.04 Å². The van der Waals surface area contributed by atoms with E-state index in [2.05, 4.69) is 24.2 Å². The average Bonchev–Trinajstić information content (AvgIpc) is 2.29. The molecule has 2 rings (SSSR count). The van der Waals surface area contributed by atoms with Crippen molar-refractivity contribution in [1.82, 2.24) is 10.2 Å². The number of fused-ring (bicyclic) bond motifs is 1. The molecule has 4 heteroatoms. The molecule has 1 N–H and O–H groups in total. The summed E-state index contributed by atoms with van der Waals surface area (Å²) < 4.78 is 5.15. The first kappa shape index (κ1) is 7.86. The number of hydrogen-bond donors (Lipinski definition) is 1. The van der Waals surface area contributed by atoms with Crippen molar-refractivity contribution in [3.05, 3.63) is 0 Å². The van der Waals surface area contributed by atoms with E-state index < -0.39 is 0 Å². The SMILES string of the molecule is CC1CN(C)CC2NC(=O)OC12. The first-order chi connectivity index (χ1) is 5.66. The number of piperidine rings is 1. The number of carbonyl (C=O) groups is 1. The molecule has 0 radical (unpaired) electrons. The summed E-state index contributed by atoms with van der Waals surface area (Å²) in [6, 6.07) is 0.200. The molecule has 2 aliphatic heterocycles. The number of amides is 1. The molecule has 0 aromatic carbocycles. The van der Waals surface area contributed by atoms with Crippen LogP contribution in [0.25, 0.3) is 0 Å². The van der Waals surface area contributed by atoms with Crippen molar-refractivity contribution >= 4 is 6.09 Å². The van der Waals surface area contributed by atoms with Crippen LogP contribution in [-0.4, -0.2) is 43.3 Å². The zero-order chi connectivity index (χ0) is 8.72. The van der Waals surface area contributed by atoms with E-state index in [-0.39, 0.29) is 18.2 Å². The molecule has 2 heterocycles. The molecule has 0 aromatic heterocycles. The number of likely N-dealkylation sites (N-methyl/N-ethyl adjacent to an activating group) is 1. The second kappa shape index (κ2) is 2.62. The van der Waals surface area contributed by atoms with Crippen LogP contribution in [0.5, 0.6) is 0 Å². The van der Waals surface area contributed by atoms with Crippen LogP contribution in [-0.2, 0) is 4.74 Å². The molecule has 2 fully saturated rings. The van der Waals surface area contributed by atoms with E-state index in [9.17, 15) is 4.79 Å².